The molecule has 0 saturated heterocycles. The van der Waals surface area contributed by atoms with Crippen LogP contribution >= 0.6 is 12.2 Å². The zero-order valence-corrected chi connectivity index (χ0v) is 11.3. The molecule has 0 radical (unpaired) electrons. The van der Waals surface area contributed by atoms with Crippen LogP contribution in [-0.2, 0) is 0 Å². The Balaban J connectivity index is 2.27. The Hall–Kier alpha value is -1.68. The molecule has 1 heterocycles. The molecule has 0 amide bonds. The van der Waals surface area contributed by atoms with Crippen molar-refractivity contribution in [3.8, 4) is 5.75 Å². The highest BCUT2D eigenvalue weighted by molar-refractivity contribution is 7.80. The summed E-state index contributed by atoms with van der Waals surface area (Å²) >= 11 is 4.93. The van der Waals surface area contributed by atoms with Crippen LogP contribution < -0.4 is 10.5 Å². The molecule has 4 heteroatoms. The number of ether oxygens (including phenoxy) is 1. The summed E-state index contributed by atoms with van der Waals surface area (Å²) in [6.07, 6.45) is 0. The van der Waals surface area contributed by atoms with Gasteiger partial charge in [-0.05, 0) is 19.1 Å². The summed E-state index contributed by atoms with van der Waals surface area (Å²) in [5, 5.41) is 1.07. The van der Waals surface area contributed by atoms with Crippen LogP contribution in [-0.4, -0.2) is 16.6 Å². The predicted molar refractivity (Wildman–Crippen MR) is 77.9 cm³/mol. The van der Waals surface area contributed by atoms with E-state index >= 15 is 0 Å². The number of nitrogens with zero attached hydrogens (tertiary/aromatic N) is 1. The second-order valence-corrected chi connectivity index (χ2v) is 4.87. The summed E-state index contributed by atoms with van der Waals surface area (Å²) in [7, 11) is 0. The van der Waals surface area contributed by atoms with Gasteiger partial charge in [0.2, 0.25) is 0 Å². The first-order valence-electron chi connectivity index (χ1n) is 5.86. The van der Waals surface area contributed by atoms with E-state index in [0.717, 1.165) is 22.3 Å². The fraction of sp³-hybridized carbons (Fsp3) is 0.286. The molecule has 0 aliphatic rings. The molecule has 3 nitrogen and oxygen atoms in total. The number of aromatic nitrogens is 1. The number of hydrogen-bond acceptors (Lipinski definition) is 3. The van der Waals surface area contributed by atoms with Gasteiger partial charge in [0.1, 0.15) is 11.3 Å². The van der Waals surface area contributed by atoms with Crippen LogP contribution in [0.3, 0.4) is 0 Å². The maximum Gasteiger partial charge on any atom is 0.145 e. The standard InChI is InChI=1S/C14H16N2OS/c1-9(14(15)18)8-17-12-5-3-4-11-7-6-10(2)16-13(11)12/h3-7,9H,8H2,1-2H3,(H2,15,18). The minimum absolute atomic E-state index is 0.0556. The van der Waals surface area contributed by atoms with E-state index in [9.17, 15) is 0 Å². The maximum atomic E-state index is 5.77. The van der Waals surface area contributed by atoms with Gasteiger partial charge in [0, 0.05) is 17.0 Å². The lowest BCUT2D eigenvalue weighted by atomic mass is 10.2. The van der Waals surface area contributed by atoms with Crippen molar-refractivity contribution < 1.29 is 4.74 Å². The van der Waals surface area contributed by atoms with Crippen LogP contribution in [0.25, 0.3) is 10.9 Å². The normalized spacial score (nSPS) is 12.3. The van der Waals surface area contributed by atoms with Crippen LogP contribution in [0.1, 0.15) is 12.6 Å². The van der Waals surface area contributed by atoms with Crippen molar-refractivity contribution in [3.05, 3.63) is 36.0 Å². The number of benzene rings is 1. The molecule has 1 aromatic carbocycles. The number of pyridine rings is 1. The van der Waals surface area contributed by atoms with Crippen LogP contribution in [0.15, 0.2) is 30.3 Å². The van der Waals surface area contributed by atoms with Gasteiger partial charge >= 0.3 is 0 Å². The first kappa shape index (κ1) is 12.8. The molecule has 0 spiro atoms. The van der Waals surface area contributed by atoms with Crippen molar-refractivity contribution in [3.63, 3.8) is 0 Å². The summed E-state index contributed by atoms with van der Waals surface area (Å²) < 4.78 is 5.77. The molecule has 2 aromatic rings. The maximum absolute atomic E-state index is 5.77. The lowest BCUT2D eigenvalue weighted by Crippen LogP contribution is -2.24. The zero-order valence-electron chi connectivity index (χ0n) is 10.5. The number of nitrogens with two attached hydrogens (primary N) is 1. The Kier molecular flexibility index (Phi) is 3.77. The second-order valence-electron chi connectivity index (χ2n) is 4.39. The van der Waals surface area contributed by atoms with E-state index in [4.69, 9.17) is 22.7 Å². The first-order valence-corrected chi connectivity index (χ1v) is 6.27. The Bertz CT molecular complexity index is 583. The molecule has 0 fully saturated rings. The third-order valence-electron chi connectivity index (χ3n) is 2.80. The van der Waals surface area contributed by atoms with Crippen molar-refractivity contribution in [2.24, 2.45) is 11.7 Å². The van der Waals surface area contributed by atoms with Crippen LogP contribution in [0.4, 0.5) is 0 Å². The minimum Gasteiger partial charge on any atom is -0.491 e. The number of thiocarbonyl (C=S) groups is 1. The zero-order chi connectivity index (χ0) is 13.1. The van der Waals surface area contributed by atoms with Crippen molar-refractivity contribution in [1.29, 1.82) is 0 Å². The smallest absolute Gasteiger partial charge is 0.145 e. The monoisotopic (exact) mass is 260 g/mol. The van der Waals surface area contributed by atoms with Gasteiger partial charge in [0.05, 0.1) is 11.6 Å². The van der Waals surface area contributed by atoms with E-state index in [0.29, 0.717) is 11.6 Å². The first-order chi connectivity index (χ1) is 8.58. The number of rotatable bonds is 4. The molecule has 2 N–H and O–H groups in total. The Morgan fingerprint density at radius 3 is 2.89 bits per heavy atom. The Labute approximate surface area is 112 Å². The molecule has 0 saturated carbocycles. The average molecular weight is 260 g/mol. The van der Waals surface area contributed by atoms with E-state index < -0.39 is 0 Å². The molecule has 1 aromatic heterocycles. The van der Waals surface area contributed by atoms with Crippen molar-refractivity contribution in [2.75, 3.05) is 6.61 Å². The highest BCUT2D eigenvalue weighted by Gasteiger charge is 2.08. The quantitative estimate of drug-likeness (QED) is 0.859. The summed E-state index contributed by atoms with van der Waals surface area (Å²) in [6.45, 7) is 4.39. The van der Waals surface area contributed by atoms with Gasteiger partial charge in [0.15, 0.2) is 0 Å². The highest BCUT2D eigenvalue weighted by Crippen LogP contribution is 2.24. The molecule has 94 valence electrons. The molecule has 1 atom stereocenters. The summed E-state index contributed by atoms with van der Waals surface area (Å²) in [6, 6.07) is 9.93. The lowest BCUT2D eigenvalue weighted by molar-refractivity contribution is 0.296. The van der Waals surface area contributed by atoms with Crippen molar-refractivity contribution >= 4 is 28.1 Å². The minimum atomic E-state index is 0.0556. The predicted octanol–water partition coefficient (Wildman–Crippen LogP) is 2.84. The van der Waals surface area contributed by atoms with Gasteiger partial charge in [-0.2, -0.15) is 0 Å². The molecule has 2 rings (SSSR count). The second kappa shape index (κ2) is 5.31. The van der Waals surface area contributed by atoms with Crippen molar-refractivity contribution in [2.45, 2.75) is 13.8 Å². The van der Waals surface area contributed by atoms with Crippen LogP contribution in [0.5, 0.6) is 5.75 Å². The fourth-order valence-corrected chi connectivity index (χ4v) is 1.70. The van der Waals surface area contributed by atoms with E-state index in [1.807, 2.05) is 44.2 Å². The third-order valence-corrected chi connectivity index (χ3v) is 3.20. The molecule has 0 aliphatic carbocycles. The molecular formula is C14H16N2OS. The van der Waals surface area contributed by atoms with Crippen molar-refractivity contribution in [1.82, 2.24) is 4.98 Å². The SMILES string of the molecule is Cc1ccc2cccc(OCC(C)C(N)=S)c2n1. The van der Waals surface area contributed by atoms with Crippen LogP contribution in [0.2, 0.25) is 0 Å². The number of fused-ring (bicyclic) bond motifs is 1. The molecule has 18 heavy (non-hydrogen) atoms. The van der Waals surface area contributed by atoms with Gasteiger partial charge in [0.25, 0.3) is 0 Å². The summed E-state index contributed by atoms with van der Waals surface area (Å²) in [5.74, 6) is 0.833. The topological polar surface area (TPSA) is 48.1 Å². The molecule has 1 unspecified atom stereocenters. The van der Waals surface area contributed by atoms with Gasteiger partial charge < -0.3 is 10.5 Å². The van der Waals surface area contributed by atoms with E-state index in [1.165, 1.54) is 0 Å². The highest BCUT2D eigenvalue weighted by atomic mass is 32.1. The lowest BCUT2D eigenvalue weighted by Gasteiger charge is -2.13. The van der Waals surface area contributed by atoms with E-state index in [2.05, 4.69) is 4.98 Å². The summed E-state index contributed by atoms with van der Waals surface area (Å²) in [4.78, 5) is 4.98. The average Bonchev–Trinajstić information content (AvgIpc) is 2.35. The van der Waals surface area contributed by atoms with Gasteiger partial charge in [-0.1, -0.05) is 37.3 Å². The Morgan fingerprint density at radius 2 is 2.17 bits per heavy atom. The van der Waals surface area contributed by atoms with Gasteiger partial charge in [-0.3, -0.25) is 0 Å². The van der Waals surface area contributed by atoms with Gasteiger partial charge in [-0.15, -0.1) is 0 Å². The number of hydrogen-bond donors (Lipinski definition) is 1. The van der Waals surface area contributed by atoms with Crippen LogP contribution in [0, 0.1) is 12.8 Å². The number of para-hydroxylation sites is 1. The molecular weight excluding hydrogens is 244 g/mol. The fourth-order valence-electron chi connectivity index (χ4n) is 1.63. The summed E-state index contributed by atoms with van der Waals surface area (Å²) in [5.41, 5.74) is 7.43. The van der Waals surface area contributed by atoms with E-state index in [1.54, 1.807) is 0 Å². The third kappa shape index (κ3) is 2.76. The molecule has 0 aliphatic heterocycles. The molecule has 0 bridgehead atoms. The largest absolute Gasteiger partial charge is 0.491 e. The number of aryl methyl sites for hydroxylation is 1. The van der Waals surface area contributed by atoms with Gasteiger partial charge in [-0.25, -0.2) is 4.98 Å². The Morgan fingerprint density at radius 1 is 1.39 bits per heavy atom. The van der Waals surface area contributed by atoms with E-state index in [-0.39, 0.29) is 5.92 Å².